The summed E-state index contributed by atoms with van der Waals surface area (Å²) in [7, 11) is 1.48. The Morgan fingerprint density at radius 1 is 1.21 bits per heavy atom. The SMILES string of the molecule is C=C(c1ccccc1)c1ccc(OC)cc1[N+](=O)[O-]. The van der Waals surface area contributed by atoms with Crippen molar-refractivity contribution in [2.45, 2.75) is 0 Å². The van der Waals surface area contributed by atoms with Crippen molar-refractivity contribution in [3.63, 3.8) is 0 Å². The summed E-state index contributed by atoms with van der Waals surface area (Å²) < 4.78 is 5.01. The first-order valence-electron chi connectivity index (χ1n) is 5.70. The van der Waals surface area contributed by atoms with Gasteiger partial charge in [-0.25, -0.2) is 0 Å². The zero-order valence-corrected chi connectivity index (χ0v) is 10.5. The average Bonchev–Trinajstić information content (AvgIpc) is 2.46. The molecule has 0 fully saturated rings. The molecule has 0 saturated carbocycles. The van der Waals surface area contributed by atoms with E-state index in [9.17, 15) is 10.1 Å². The van der Waals surface area contributed by atoms with Crippen molar-refractivity contribution in [1.82, 2.24) is 0 Å². The standard InChI is InChI=1S/C15H13NO3/c1-11(12-6-4-3-5-7-12)14-9-8-13(19-2)10-15(14)16(17)18/h3-10H,1H2,2H3. The highest BCUT2D eigenvalue weighted by atomic mass is 16.6. The third-order valence-electron chi connectivity index (χ3n) is 2.85. The van der Waals surface area contributed by atoms with E-state index in [2.05, 4.69) is 6.58 Å². The first kappa shape index (κ1) is 12.8. The smallest absolute Gasteiger partial charge is 0.280 e. The molecule has 0 radical (unpaired) electrons. The molecule has 96 valence electrons. The van der Waals surface area contributed by atoms with Gasteiger partial charge in [-0.3, -0.25) is 10.1 Å². The Morgan fingerprint density at radius 3 is 2.47 bits per heavy atom. The summed E-state index contributed by atoms with van der Waals surface area (Å²) in [5.74, 6) is 0.455. The third-order valence-corrected chi connectivity index (χ3v) is 2.85. The summed E-state index contributed by atoms with van der Waals surface area (Å²) in [6.45, 7) is 3.95. The van der Waals surface area contributed by atoms with Crippen LogP contribution in [0.2, 0.25) is 0 Å². The van der Waals surface area contributed by atoms with Crippen LogP contribution >= 0.6 is 0 Å². The molecule has 0 aromatic heterocycles. The molecule has 2 aromatic carbocycles. The van der Waals surface area contributed by atoms with Crippen molar-refractivity contribution in [3.8, 4) is 5.75 Å². The van der Waals surface area contributed by atoms with Crippen LogP contribution in [-0.2, 0) is 0 Å². The summed E-state index contributed by atoms with van der Waals surface area (Å²) >= 11 is 0. The van der Waals surface area contributed by atoms with Crippen molar-refractivity contribution in [1.29, 1.82) is 0 Å². The predicted molar refractivity (Wildman–Crippen MR) is 74.2 cm³/mol. The van der Waals surface area contributed by atoms with E-state index < -0.39 is 4.92 Å². The van der Waals surface area contributed by atoms with Crippen LogP contribution in [0.25, 0.3) is 5.57 Å². The van der Waals surface area contributed by atoms with Crippen molar-refractivity contribution in [2.24, 2.45) is 0 Å². The van der Waals surface area contributed by atoms with Gasteiger partial charge < -0.3 is 4.74 Å². The minimum absolute atomic E-state index is 0.00629. The Morgan fingerprint density at radius 2 is 1.89 bits per heavy atom. The molecule has 0 heterocycles. The minimum atomic E-state index is -0.425. The van der Waals surface area contributed by atoms with E-state index in [0.717, 1.165) is 5.56 Å². The summed E-state index contributed by atoms with van der Waals surface area (Å²) in [5.41, 5.74) is 1.97. The Kier molecular flexibility index (Phi) is 3.61. The van der Waals surface area contributed by atoms with E-state index in [0.29, 0.717) is 16.9 Å². The fourth-order valence-corrected chi connectivity index (χ4v) is 1.84. The molecule has 4 heteroatoms. The average molecular weight is 255 g/mol. The number of nitro groups is 1. The fraction of sp³-hybridized carbons (Fsp3) is 0.0667. The van der Waals surface area contributed by atoms with Gasteiger partial charge in [-0.05, 0) is 23.3 Å². The highest BCUT2D eigenvalue weighted by molar-refractivity contribution is 5.83. The molecule has 0 atom stereocenters. The fourth-order valence-electron chi connectivity index (χ4n) is 1.84. The molecule has 2 rings (SSSR count). The lowest BCUT2D eigenvalue weighted by atomic mass is 9.98. The van der Waals surface area contributed by atoms with Gasteiger partial charge in [-0.15, -0.1) is 0 Å². The molecule has 0 spiro atoms. The Hall–Kier alpha value is -2.62. The van der Waals surface area contributed by atoms with Gasteiger partial charge in [0, 0.05) is 0 Å². The van der Waals surface area contributed by atoms with E-state index in [1.165, 1.54) is 13.2 Å². The number of ether oxygens (including phenoxy) is 1. The molecule has 0 bridgehead atoms. The van der Waals surface area contributed by atoms with Gasteiger partial charge in [-0.1, -0.05) is 36.9 Å². The van der Waals surface area contributed by atoms with Crippen LogP contribution in [0, 0.1) is 10.1 Å². The predicted octanol–water partition coefficient (Wildman–Crippen LogP) is 3.66. The van der Waals surface area contributed by atoms with Crippen LogP contribution in [0.15, 0.2) is 55.1 Å². The number of benzene rings is 2. The van der Waals surface area contributed by atoms with Crippen LogP contribution in [0.5, 0.6) is 5.75 Å². The molecule has 0 aliphatic rings. The molecule has 4 nitrogen and oxygen atoms in total. The first-order chi connectivity index (χ1) is 9.13. The number of hydrogen-bond donors (Lipinski definition) is 0. The normalized spacial score (nSPS) is 9.95. The van der Waals surface area contributed by atoms with Crippen molar-refractivity contribution in [3.05, 3.63) is 76.4 Å². The second-order valence-corrected chi connectivity index (χ2v) is 3.98. The second-order valence-electron chi connectivity index (χ2n) is 3.98. The van der Waals surface area contributed by atoms with Gasteiger partial charge >= 0.3 is 0 Å². The molecule has 0 aliphatic carbocycles. The van der Waals surface area contributed by atoms with Crippen LogP contribution in [-0.4, -0.2) is 12.0 Å². The summed E-state index contributed by atoms with van der Waals surface area (Å²) in [4.78, 5) is 10.7. The topological polar surface area (TPSA) is 52.4 Å². The molecular formula is C15H13NO3. The Bertz CT molecular complexity index is 621. The van der Waals surface area contributed by atoms with Crippen molar-refractivity contribution < 1.29 is 9.66 Å². The van der Waals surface area contributed by atoms with Crippen LogP contribution in [0.1, 0.15) is 11.1 Å². The van der Waals surface area contributed by atoms with Crippen molar-refractivity contribution >= 4 is 11.3 Å². The van der Waals surface area contributed by atoms with E-state index in [1.54, 1.807) is 12.1 Å². The molecule has 0 unspecified atom stereocenters. The number of rotatable bonds is 4. The van der Waals surface area contributed by atoms with Gasteiger partial charge in [0.25, 0.3) is 5.69 Å². The van der Waals surface area contributed by atoms with Crippen LogP contribution in [0.4, 0.5) is 5.69 Å². The minimum Gasteiger partial charge on any atom is -0.497 e. The lowest BCUT2D eigenvalue weighted by Gasteiger charge is -2.08. The molecule has 0 saturated heterocycles. The maximum atomic E-state index is 11.1. The van der Waals surface area contributed by atoms with E-state index in [1.807, 2.05) is 30.3 Å². The maximum Gasteiger partial charge on any atom is 0.280 e. The lowest BCUT2D eigenvalue weighted by Crippen LogP contribution is -1.96. The number of nitro benzene ring substituents is 1. The van der Waals surface area contributed by atoms with Crippen LogP contribution < -0.4 is 4.74 Å². The van der Waals surface area contributed by atoms with Gasteiger partial charge in [0.2, 0.25) is 0 Å². The maximum absolute atomic E-state index is 11.1. The summed E-state index contributed by atoms with van der Waals surface area (Å²) in [5, 5.41) is 11.1. The Labute approximate surface area is 111 Å². The van der Waals surface area contributed by atoms with Gasteiger partial charge in [0.1, 0.15) is 5.75 Å². The third kappa shape index (κ3) is 2.63. The second kappa shape index (κ2) is 5.35. The molecular weight excluding hydrogens is 242 g/mol. The number of hydrogen-bond acceptors (Lipinski definition) is 3. The number of methoxy groups -OCH3 is 1. The number of nitrogens with zero attached hydrogens (tertiary/aromatic N) is 1. The molecule has 0 amide bonds. The monoisotopic (exact) mass is 255 g/mol. The lowest BCUT2D eigenvalue weighted by molar-refractivity contribution is -0.385. The molecule has 0 aliphatic heterocycles. The van der Waals surface area contributed by atoms with Gasteiger partial charge in [0.05, 0.1) is 23.7 Å². The molecule has 0 N–H and O–H groups in total. The van der Waals surface area contributed by atoms with Gasteiger partial charge in [0.15, 0.2) is 0 Å². The van der Waals surface area contributed by atoms with Crippen LogP contribution in [0.3, 0.4) is 0 Å². The van der Waals surface area contributed by atoms with E-state index in [4.69, 9.17) is 4.74 Å². The van der Waals surface area contributed by atoms with Crippen molar-refractivity contribution in [2.75, 3.05) is 7.11 Å². The van der Waals surface area contributed by atoms with E-state index in [-0.39, 0.29) is 5.69 Å². The molecule has 19 heavy (non-hydrogen) atoms. The van der Waals surface area contributed by atoms with E-state index >= 15 is 0 Å². The highest BCUT2D eigenvalue weighted by Gasteiger charge is 2.18. The largest absolute Gasteiger partial charge is 0.497 e. The quantitative estimate of drug-likeness (QED) is 0.618. The zero-order valence-electron chi connectivity index (χ0n) is 10.5. The highest BCUT2D eigenvalue weighted by Crippen LogP contribution is 2.32. The first-order valence-corrected chi connectivity index (χ1v) is 5.70. The zero-order chi connectivity index (χ0) is 13.8. The molecule has 2 aromatic rings. The summed E-state index contributed by atoms with van der Waals surface area (Å²) in [6.07, 6.45) is 0. The Balaban J connectivity index is 2.50. The van der Waals surface area contributed by atoms with Gasteiger partial charge in [-0.2, -0.15) is 0 Å². The summed E-state index contributed by atoms with van der Waals surface area (Å²) in [6, 6.07) is 14.1.